The van der Waals surface area contributed by atoms with E-state index in [9.17, 15) is 14.3 Å². The van der Waals surface area contributed by atoms with E-state index in [1.54, 1.807) is 29.2 Å². The van der Waals surface area contributed by atoms with Crippen LogP contribution >= 0.6 is 0 Å². The van der Waals surface area contributed by atoms with E-state index in [1.807, 2.05) is 24.3 Å². The van der Waals surface area contributed by atoms with Gasteiger partial charge in [-0.2, -0.15) is 0 Å². The van der Waals surface area contributed by atoms with Crippen LogP contribution in [-0.4, -0.2) is 79.5 Å². The summed E-state index contributed by atoms with van der Waals surface area (Å²) in [5, 5.41) is 10.5. The molecule has 0 saturated carbocycles. The summed E-state index contributed by atoms with van der Waals surface area (Å²) in [6, 6.07) is 14.1. The molecule has 2 aromatic rings. The number of benzene rings is 2. The topological polar surface area (TPSA) is 62.2 Å². The van der Waals surface area contributed by atoms with Crippen LogP contribution < -0.4 is 4.74 Å². The van der Waals surface area contributed by atoms with E-state index in [-0.39, 0.29) is 18.3 Å². The van der Waals surface area contributed by atoms with Crippen LogP contribution in [0.5, 0.6) is 5.75 Å². The largest absolute Gasteiger partial charge is 0.490 e. The maximum Gasteiger partial charge on any atom is 0.246 e. The summed E-state index contributed by atoms with van der Waals surface area (Å²) in [5.41, 5.74) is 3.04. The number of amides is 1. The van der Waals surface area contributed by atoms with E-state index in [4.69, 9.17) is 9.47 Å². The summed E-state index contributed by atoms with van der Waals surface area (Å²) in [4.78, 5) is 16.3. The van der Waals surface area contributed by atoms with E-state index in [1.165, 1.54) is 17.7 Å². The van der Waals surface area contributed by atoms with Crippen molar-refractivity contribution in [2.75, 3.05) is 52.5 Å². The minimum Gasteiger partial charge on any atom is -0.490 e. The Bertz CT molecular complexity index is 1020. The standard InChI is InChI=1S/C27H31FN2O4/c28-24-8-5-21(6-9-24)22-11-13-29(14-12-22)19-25(31)20-34-26-4-2-1-3-23(26)7-10-27(32)30-15-17-33-18-16-30/h1-11,25,31H,12-20H2. The molecule has 1 saturated heterocycles. The van der Waals surface area contributed by atoms with E-state index < -0.39 is 6.10 Å². The monoisotopic (exact) mass is 466 g/mol. The molecule has 2 aliphatic rings. The normalized spacial score (nSPS) is 18.1. The summed E-state index contributed by atoms with van der Waals surface area (Å²) >= 11 is 0. The van der Waals surface area contributed by atoms with Crippen molar-refractivity contribution < 1.29 is 23.8 Å². The number of carbonyl (C=O) groups excluding carboxylic acids is 1. The van der Waals surface area contributed by atoms with Crippen molar-refractivity contribution in [3.05, 3.63) is 77.6 Å². The van der Waals surface area contributed by atoms with Crippen LogP contribution in [0.1, 0.15) is 17.5 Å². The van der Waals surface area contributed by atoms with E-state index >= 15 is 0 Å². The molecule has 2 heterocycles. The lowest BCUT2D eigenvalue weighted by Gasteiger charge is -2.28. The van der Waals surface area contributed by atoms with Crippen LogP contribution in [0.3, 0.4) is 0 Å². The highest BCUT2D eigenvalue weighted by Gasteiger charge is 2.18. The number of carbonyl (C=O) groups is 1. The van der Waals surface area contributed by atoms with Gasteiger partial charge in [-0.1, -0.05) is 36.4 Å². The molecular formula is C27H31FN2O4. The highest BCUT2D eigenvalue weighted by atomic mass is 19.1. The minimum absolute atomic E-state index is 0.0451. The van der Waals surface area contributed by atoms with Gasteiger partial charge in [-0.15, -0.1) is 0 Å². The third-order valence-corrected chi connectivity index (χ3v) is 6.06. The van der Waals surface area contributed by atoms with Crippen molar-refractivity contribution in [1.82, 2.24) is 9.80 Å². The first-order valence-corrected chi connectivity index (χ1v) is 11.7. The molecule has 2 aliphatic heterocycles. The SMILES string of the molecule is O=C(C=Cc1ccccc1OCC(O)CN1CC=C(c2ccc(F)cc2)CC1)N1CCOCC1. The molecule has 4 rings (SSSR count). The molecule has 1 amide bonds. The second-order valence-electron chi connectivity index (χ2n) is 8.52. The van der Waals surface area contributed by atoms with Crippen molar-refractivity contribution in [2.24, 2.45) is 0 Å². The molecule has 34 heavy (non-hydrogen) atoms. The number of hydrogen-bond donors (Lipinski definition) is 1. The molecule has 0 spiro atoms. The van der Waals surface area contributed by atoms with Crippen LogP contribution in [0.2, 0.25) is 0 Å². The first-order chi connectivity index (χ1) is 16.6. The quantitative estimate of drug-likeness (QED) is 0.606. The molecule has 1 N–H and O–H groups in total. The number of morpholine rings is 1. The van der Waals surface area contributed by atoms with Gasteiger partial charge in [0, 0.05) is 44.4 Å². The molecule has 1 atom stereocenters. The highest BCUT2D eigenvalue weighted by molar-refractivity contribution is 5.92. The smallest absolute Gasteiger partial charge is 0.246 e. The number of para-hydroxylation sites is 1. The second-order valence-corrected chi connectivity index (χ2v) is 8.52. The van der Waals surface area contributed by atoms with E-state index in [2.05, 4.69) is 11.0 Å². The Morgan fingerprint density at radius 2 is 1.88 bits per heavy atom. The number of hydrogen-bond acceptors (Lipinski definition) is 5. The summed E-state index contributed by atoms with van der Waals surface area (Å²) in [5.74, 6) is 0.353. The molecule has 0 aliphatic carbocycles. The van der Waals surface area contributed by atoms with Gasteiger partial charge < -0.3 is 19.5 Å². The fourth-order valence-electron chi connectivity index (χ4n) is 4.14. The summed E-state index contributed by atoms with van der Waals surface area (Å²) in [6.07, 6.45) is 5.65. The predicted molar refractivity (Wildman–Crippen MR) is 130 cm³/mol. The Balaban J connectivity index is 1.26. The second kappa shape index (κ2) is 11.9. The molecule has 0 bridgehead atoms. The van der Waals surface area contributed by atoms with Gasteiger partial charge in [0.2, 0.25) is 5.91 Å². The zero-order valence-electron chi connectivity index (χ0n) is 19.2. The lowest BCUT2D eigenvalue weighted by atomic mass is 9.99. The number of rotatable bonds is 8. The number of nitrogens with zero attached hydrogens (tertiary/aromatic N) is 2. The van der Waals surface area contributed by atoms with Crippen LogP contribution in [0.15, 0.2) is 60.7 Å². The Labute approximate surface area is 199 Å². The first kappa shape index (κ1) is 24.1. The minimum atomic E-state index is -0.646. The van der Waals surface area contributed by atoms with Crippen molar-refractivity contribution in [2.45, 2.75) is 12.5 Å². The van der Waals surface area contributed by atoms with Gasteiger partial charge >= 0.3 is 0 Å². The Morgan fingerprint density at radius 3 is 2.62 bits per heavy atom. The summed E-state index contributed by atoms with van der Waals surface area (Å²) in [7, 11) is 0. The maximum atomic E-state index is 13.1. The number of ether oxygens (including phenoxy) is 2. The summed E-state index contributed by atoms with van der Waals surface area (Å²) < 4.78 is 24.3. The molecule has 7 heteroatoms. The number of aliphatic hydroxyl groups excluding tert-OH is 1. The number of halogens is 1. The molecule has 2 aromatic carbocycles. The molecule has 0 aromatic heterocycles. The van der Waals surface area contributed by atoms with Gasteiger partial charge in [-0.25, -0.2) is 4.39 Å². The molecule has 1 unspecified atom stereocenters. The van der Waals surface area contributed by atoms with E-state index in [0.717, 1.165) is 30.6 Å². The Morgan fingerprint density at radius 1 is 1.12 bits per heavy atom. The van der Waals surface area contributed by atoms with Crippen molar-refractivity contribution in [3.63, 3.8) is 0 Å². The van der Waals surface area contributed by atoms with Gasteiger partial charge in [0.1, 0.15) is 24.3 Å². The molecule has 0 radical (unpaired) electrons. The van der Waals surface area contributed by atoms with Crippen LogP contribution in [0, 0.1) is 5.82 Å². The number of aliphatic hydroxyl groups is 1. The predicted octanol–water partition coefficient (Wildman–Crippen LogP) is 3.23. The fourth-order valence-corrected chi connectivity index (χ4v) is 4.14. The number of β-amino-alcohol motifs (C(OH)–C–C–N with tert-alkyl or cyclic N) is 1. The molecule has 6 nitrogen and oxygen atoms in total. The Kier molecular flexibility index (Phi) is 8.46. The fraction of sp³-hybridized carbons (Fsp3) is 0.370. The Hall–Kier alpha value is -3.00. The van der Waals surface area contributed by atoms with Gasteiger partial charge in [0.15, 0.2) is 0 Å². The van der Waals surface area contributed by atoms with Crippen LogP contribution in [0.4, 0.5) is 4.39 Å². The molecular weight excluding hydrogens is 435 g/mol. The third-order valence-electron chi connectivity index (χ3n) is 6.06. The molecule has 1 fully saturated rings. The maximum absolute atomic E-state index is 13.1. The van der Waals surface area contributed by atoms with E-state index in [0.29, 0.717) is 38.6 Å². The zero-order chi connectivity index (χ0) is 23.8. The van der Waals surface area contributed by atoms with Crippen molar-refractivity contribution in [1.29, 1.82) is 0 Å². The first-order valence-electron chi connectivity index (χ1n) is 11.7. The summed E-state index contributed by atoms with van der Waals surface area (Å²) in [6.45, 7) is 4.55. The van der Waals surface area contributed by atoms with Crippen molar-refractivity contribution >= 4 is 17.6 Å². The van der Waals surface area contributed by atoms with Crippen molar-refractivity contribution in [3.8, 4) is 5.75 Å². The highest BCUT2D eigenvalue weighted by Crippen LogP contribution is 2.23. The van der Waals surface area contributed by atoms with Gasteiger partial charge in [-0.3, -0.25) is 9.69 Å². The lowest BCUT2D eigenvalue weighted by molar-refractivity contribution is -0.129. The lowest BCUT2D eigenvalue weighted by Crippen LogP contribution is -2.39. The van der Waals surface area contributed by atoms with Gasteiger partial charge in [0.05, 0.1) is 13.2 Å². The molecule has 180 valence electrons. The van der Waals surface area contributed by atoms with Crippen LogP contribution in [-0.2, 0) is 9.53 Å². The van der Waals surface area contributed by atoms with Gasteiger partial charge in [-0.05, 0) is 41.8 Å². The van der Waals surface area contributed by atoms with Crippen LogP contribution in [0.25, 0.3) is 11.6 Å². The average molecular weight is 467 g/mol. The van der Waals surface area contributed by atoms with Gasteiger partial charge in [0.25, 0.3) is 0 Å². The zero-order valence-corrected chi connectivity index (χ0v) is 19.2. The average Bonchev–Trinajstić information content (AvgIpc) is 2.88. The third kappa shape index (κ3) is 6.76.